The molecule has 4 heteroatoms. The summed E-state index contributed by atoms with van der Waals surface area (Å²) in [5.41, 5.74) is 0. The first kappa shape index (κ1) is 12.4. The molecule has 0 unspecified atom stereocenters. The van der Waals surface area contributed by atoms with Gasteiger partial charge in [0.2, 0.25) is 5.95 Å². The van der Waals surface area contributed by atoms with Crippen molar-refractivity contribution < 1.29 is 4.74 Å². The molecule has 1 saturated carbocycles. The average molecular weight is 237 g/mol. The third-order valence-corrected chi connectivity index (χ3v) is 3.35. The molecule has 0 bridgehead atoms. The van der Waals surface area contributed by atoms with E-state index in [1.165, 1.54) is 19.3 Å². The first-order valence-electron chi connectivity index (χ1n) is 6.73. The van der Waals surface area contributed by atoms with Crippen molar-refractivity contribution in [1.82, 2.24) is 9.55 Å². The molecule has 1 aliphatic rings. The van der Waals surface area contributed by atoms with E-state index in [1.807, 2.05) is 13.1 Å². The average Bonchev–Trinajstić information content (AvgIpc) is 2.71. The van der Waals surface area contributed by atoms with Gasteiger partial charge in [-0.25, -0.2) is 4.98 Å². The van der Waals surface area contributed by atoms with Gasteiger partial charge >= 0.3 is 0 Å². The molecule has 0 atom stereocenters. The molecule has 1 aromatic heterocycles. The molecule has 0 saturated heterocycles. The number of nitrogens with one attached hydrogen (secondary N) is 1. The zero-order valence-electron chi connectivity index (χ0n) is 10.7. The summed E-state index contributed by atoms with van der Waals surface area (Å²) >= 11 is 0. The highest BCUT2D eigenvalue weighted by Crippen LogP contribution is 2.28. The summed E-state index contributed by atoms with van der Waals surface area (Å²) in [5, 5.41) is 3.38. The van der Waals surface area contributed by atoms with Crippen molar-refractivity contribution in [3.05, 3.63) is 12.4 Å². The van der Waals surface area contributed by atoms with E-state index >= 15 is 0 Å². The van der Waals surface area contributed by atoms with Gasteiger partial charge in [-0.05, 0) is 32.1 Å². The highest BCUT2D eigenvalue weighted by molar-refractivity contribution is 5.25. The fourth-order valence-corrected chi connectivity index (χ4v) is 2.10. The van der Waals surface area contributed by atoms with E-state index in [4.69, 9.17) is 4.74 Å². The normalized spacial score (nSPS) is 15.8. The van der Waals surface area contributed by atoms with Crippen LogP contribution in [0.3, 0.4) is 0 Å². The van der Waals surface area contributed by atoms with Crippen LogP contribution >= 0.6 is 0 Å². The maximum atomic E-state index is 5.31. The molecule has 0 radical (unpaired) electrons. The maximum absolute atomic E-state index is 5.31. The second kappa shape index (κ2) is 6.64. The second-order valence-corrected chi connectivity index (χ2v) is 4.68. The summed E-state index contributed by atoms with van der Waals surface area (Å²) < 4.78 is 7.55. The van der Waals surface area contributed by atoms with E-state index in [9.17, 15) is 0 Å². The minimum atomic E-state index is 0.802. The largest absolute Gasteiger partial charge is 0.382 e. The van der Waals surface area contributed by atoms with Gasteiger partial charge in [-0.2, -0.15) is 0 Å². The summed E-state index contributed by atoms with van der Waals surface area (Å²) in [6.45, 7) is 5.71. The fourth-order valence-electron chi connectivity index (χ4n) is 2.10. The van der Waals surface area contributed by atoms with Crippen molar-refractivity contribution in [2.75, 3.05) is 25.1 Å². The van der Waals surface area contributed by atoms with Crippen molar-refractivity contribution in [3.63, 3.8) is 0 Å². The molecule has 0 spiro atoms. The molecule has 1 aromatic rings. The summed E-state index contributed by atoms with van der Waals surface area (Å²) in [4.78, 5) is 4.36. The van der Waals surface area contributed by atoms with Crippen LogP contribution in [0.25, 0.3) is 0 Å². The van der Waals surface area contributed by atoms with Gasteiger partial charge in [0.15, 0.2) is 0 Å². The van der Waals surface area contributed by atoms with Crippen LogP contribution in [-0.4, -0.2) is 29.3 Å². The number of rotatable bonds is 8. The van der Waals surface area contributed by atoms with Crippen LogP contribution in [0.15, 0.2) is 12.4 Å². The Morgan fingerprint density at radius 2 is 2.41 bits per heavy atom. The van der Waals surface area contributed by atoms with Crippen molar-refractivity contribution in [1.29, 1.82) is 0 Å². The summed E-state index contributed by atoms with van der Waals surface area (Å²) in [6.07, 6.45) is 9.14. The van der Waals surface area contributed by atoms with E-state index in [2.05, 4.69) is 21.1 Å². The number of anilines is 1. The topological polar surface area (TPSA) is 39.1 Å². The smallest absolute Gasteiger partial charge is 0.202 e. The summed E-state index contributed by atoms with van der Waals surface area (Å²) in [5.74, 6) is 1.88. The van der Waals surface area contributed by atoms with Crippen LogP contribution in [0.5, 0.6) is 0 Å². The van der Waals surface area contributed by atoms with Gasteiger partial charge < -0.3 is 14.6 Å². The summed E-state index contributed by atoms with van der Waals surface area (Å²) in [7, 11) is 0. The molecule has 2 rings (SSSR count). The van der Waals surface area contributed by atoms with E-state index < -0.39 is 0 Å². The molecule has 0 aliphatic heterocycles. The van der Waals surface area contributed by atoms with Gasteiger partial charge in [0.25, 0.3) is 0 Å². The number of hydrogen-bond acceptors (Lipinski definition) is 3. The zero-order valence-corrected chi connectivity index (χ0v) is 10.7. The van der Waals surface area contributed by atoms with Crippen molar-refractivity contribution >= 4 is 5.95 Å². The second-order valence-electron chi connectivity index (χ2n) is 4.68. The minimum Gasteiger partial charge on any atom is -0.382 e. The summed E-state index contributed by atoms with van der Waals surface area (Å²) in [6, 6.07) is 0. The monoisotopic (exact) mass is 237 g/mol. The lowest BCUT2D eigenvalue weighted by Gasteiger charge is -2.26. The molecular formula is C13H23N3O. The Hall–Kier alpha value is -1.03. The lowest BCUT2D eigenvalue weighted by molar-refractivity contribution is 0.147. The van der Waals surface area contributed by atoms with Crippen molar-refractivity contribution in [2.24, 2.45) is 5.92 Å². The predicted molar refractivity (Wildman–Crippen MR) is 69.2 cm³/mol. The van der Waals surface area contributed by atoms with Gasteiger partial charge in [-0.15, -0.1) is 0 Å². The van der Waals surface area contributed by atoms with Crippen molar-refractivity contribution in [3.8, 4) is 0 Å². The van der Waals surface area contributed by atoms with E-state index in [0.29, 0.717) is 0 Å². The number of imidazole rings is 1. The Morgan fingerprint density at radius 1 is 1.53 bits per heavy atom. The lowest BCUT2D eigenvalue weighted by Crippen LogP contribution is -2.19. The third-order valence-electron chi connectivity index (χ3n) is 3.35. The fraction of sp³-hybridized carbons (Fsp3) is 0.769. The van der Waals surface area contributed by atoms with E-state index in [0.717, 1.165) is 44.6 Å². The van der Waals surface area contributed by atoms with Crippen LogP contribution in [0.1, 0.15) is 32.6 Å². The van der Waals surface area contributed by atoms with E-state index in [-0.39, 0.29) is 0 Å². The highest BCUT2D eigenvalue weighted by atomic mass is 16.5. The maximum Gasteiger partial charge on any atom is 0.202 e. The molecule has 1 aliphatic carbocycles. The molecule has 96 valence electrons. The van der Waals surface area contributed by atoms with Gasteiger partial charge in [0, 0.05) is 38.7 Å². The number of nitrogens with zero attached hydrogens (tertiary/aromatic N) is 2. The molecule has 1 heterocycles. The zero-order chi connectivity index (χ0) is 11.9. The first-order chi connectivity index (χ1) is 8.40. The standard InChI is InChI=1S/C13H23N3O/c1-2-17-10-4-7-14-13-15-8-9-16(13)11-12-5-3-6-12/h8-9,12H,2-7,10-11H2,1H3,(H,14,15). The van der Waals surface area contributed by atoms with Gasteiger partial charge in [0.1, 0.15) is 0 Å². The molecule has 1 fully saturated rings. The minimum absolute atomic E-state index is 0.802. The van der Waals surface area contributed by atoms with Gasteiger partial charge in [0.05, 0.1) is 0 Å². The third kappa shape index (κ3) is 3.73. The number of aromatic nitrogens is 2. The molecule has 17 heavy (non-hydrogen) atoms. The Morgan fingerprint density at radius 3 is 3.12 bits per heavy atom. The van der Waals surface area contributed by atoms with Crippen LogP contribution in [-0.2, 0) is 11.3 Å². The SMILES string of the molecule is CCOCCCNc1nccn1CC1CCC1. The number of hydrogen-bond donors (Lipinski definition) is 1. The number of ether oxygens (including phenoxy) is 1. The van der Waals surface area contributed by atoms with Gasteiger partial charge in [-0.1, -0.05) is 6.42 Å². The lowest BCUT2D eigenvalue weighted by atomic mass is 9.85. The van der Waals surface area contributed by atoms with Gasteiger partial charge in [-0.3, -0.25) is 0 Å². The quantitative estimate of drug-likeness (QED) is 0.706. The molecule has 0 aromatic carbocycles. The predicted octanol–water partition coefficient (Wildman–Crippen LogP) is 2.52. The molecule has 0 amide bonds. The molecular weight excluding hydrogens is 214 g/mol. The Bertz CT molecular complexity index is 320. The van der Waals surface area contributed by atoms with Crippen LogP contribution in [0.2, 0.25) is 0 Å². The Balaban J connectivity index is 1.70. The highest BCUT2D eigenvalue weighted by Gasteiger charge is 2.18. The van der Waals surface area contributed by atoms with Crippen LogP contribution in [0, 0.1) is 5.92 Å². The Labute approximate surface area is 103 Å². The van der Waals surface area contributed by atoms with E-state index in [1.54, 1.807) is 0 Å². The van der Waals surface area contributed by atoms with Crippen molar-refractivity contribution in [2.45, 2.75) is 39.2 Å². The first-order valence-corrected chi connectivity index (χ1v) is 6.73. The molecule has 4 nitrogen and oxygen atoms in total. The van der Waals surface area contributed by atoms with Crippen LogP contribution in [0.4, 0.5) is 5.95 Å². The Kier molecular flexibility index (Phi) is 4.86. The van der Waals surface area contributed by atoms with Crippen LogP contribution < -0.4 is 5.32 Å². The molecule has 1 N–H and O–H groups in total.